The van der Waals surface area contributed by atoms with Crippen LogP contribution in [0.4, 0.5) is 5.00 Å². The van der Waals surface area contributed by atoms with E-state index in [0.717, 1.165) is 17.2 Å². The van der Waals surface area contributed by atoms with Gasteiger partial charge in [0.2, 0.25) is 0 Å². The second-order valence-corrected chi connectivity index (χ2v) is 6.50. The van der Waals surface area contributed by atoms with Crippen LogP contribution in [0.1, 0.15) is 50.7 Å². The molecule has 5 heteroatoms. The van der Waals surface area contributed by atoms with Crippen LogP contribution in [-0.2, 0) is 4.74 Å². The van der Waals surface area contributed by atoms with Crippen molar-refractivity contribution in [2.24, 2.45) is 17.8 Å². The standard InChI is InChI=1S/C15H26N2O2S/c1-7-19-15(18)13-11(6)17-20-14(13)16-8-12(9(2)3)10(4)5/h9-10,12,16H,7-8H2,1-6H3. The zero-order valence-corrected chi connectivity index (χ0v) is 14.1. The molecule has 0 aliphatic carbocycles. The maximum Gasteiger partial charge on any atom is 0.343 e. The SMILES string of the molecule is CCOC(=O)c1c(C)nsc1NCC(C(C)C)C(C)C. The normalized spacial score (nSPS) is 11.4. The van der Waals surface area contributed by atoms with Gasteiger partial charge >= 0.3 is 5.97 Å². The van der Waals surface area contributed by atoms with Crippen molar-refractivity contribution in [2.75, 3.05) is 18.5 Å². The minimum absolute atomic E-state index is 0.285. The molecule has 0 aliphatic rings. The Bertz CT molecular complexity index is 433. The minimum Gasteiger partial charge on any atom is -0.462 e. The Morgan fingerprint density at radius 3 is 2.40 bits per heavy atom. The average molecular weight is 298 g/mol. The molecule has 0 fully saturated rings. The van der Waals surface area contributed by atoms with E-state index in [1.807, 2.05) is 13.8 Å². The van der Waals surface area contributed by atoms with Crippen LogP contribution in [0, 0.1) is 24.7 Å². The molecule has 0 atom stereocenters. The van der Waals surface area contributed by atoms with Gasteiger partial charge in [-0.2, -0.15) is 4.37 Å². The van der Waals surface area contributed by atoms with Gasteiger partial charge in [0.1, 0.15) is 10.6 Å². The monoisotopic (exact) mass is 298 g/mol. The van der Waals surface area contributed by atoms with E-state index in [9.17, 15) is 4.79 Å². The fraction of sp³-hybridized carbons (Fsp3) is 0.733. The average Bonchev–Trinajstić information content (AvgIpc) is 2.70. The summed E-state index contributed by atoms with van der Waals surface area (Å²) >= 11 is 1.33. The minimum atomic E-state index is -0.285. The molecular formula is C15H26N2O2S. The summed E-state index contributed by atoms with van der Waals surface area (Å²) in [4.78, 5) is 12.0. The number of nitrogens with zero attached hydrogens (tertiary/aromatic N) is 1. The fourth-order valence-electron chi connectivity index (χ4n) is 2.39. The highest BCUT2D eigenvalue weighted by Gasteiger charge is 2.22. The lowest BCUT2D eigenvalue weighted by Crippen LogP contribution is -2.24. The molecule has 0 aliphatic heterocycles. The Morgan fingerprint density at radius 1 is 1.30 bits per heavy atom. The van der Waals surface area contributed by atoms with Crippen LogP contribution in [0.5, 0.6) is 0 Å². The maximum atomic E-state index is 12.0. The van der Waals surface area contributed by atoms with E-state index in [1.165, 1.54) is 11.5 Å². The lowest BCUT2D eigenvalue weighted by molar-refractivity contribution is 0.0527. The van der Waals surface area contributed by atoms with E-state index in [-0.39, 0.29) is 5.97 Å². The molecule has 20 heavy (non-hydrogen) atoms. The summed E-state index contributed by atoms with van der Waals surface area (Å²) in [6.45, 7) is 13.8. The van der Waals surface area contributed by atoms with Crippen molar-refractivity contribution in [2.45, 2.75) is 41.5 Å². The zero-order chi connectivity index (χ0) is 15.3. The highest BCUT2D eigenvalue weighted by Crippen LogP contribution is 2.27. The van der Waals surface area contributed by atoms with E-state index in [0.29, 0.717) is 29.9 Å². The number of aryl methyl sites for hydroxylation is 1. The molecule has 1 aromatic rings. The molecular weight excluding hydrogens is 272 g/mol. The number of carbonyl (C=O) groups is 1. The predicted octanol–water partition coefficient (Wildman–Crippen LogP) is 3.97. The summed E-state index contributed by atoms with van der Waals surface area (Å²) in [6.07, 6.45) is 0. The molecule has 0 radical (unpaired) electrons. The van der Waals surface area contributed by atoms with Crippen LogP contribution in [0.3, 0.4) is 0 Å². The first kappa shape index (κ1) is 17.0. The van der Waals surface area contributed by atoms with E-state index in [4.69, 9.17) is 4.74 Å². The first-order valence-electron chi connectivity index (χ1n) is 7.25. The van der Waals surface area contributed by atoms with Gasteiger partial charge in [-0.25, -0.2) is 4.79 Å². The number of carbonyl (C=O) groups excluding carboxylic acids is 1. The van der Waals surface area contributed by atoms with Crippen LogP contribution in [0.15, 0.2) is 0 Å². The molecule has 1 heterocycles. The number of rotatable bonds is 7. The molecule has 1 N–H and O–H groups in total. The van der Waals surface area contributed by atoms with Gasteiger partial charge in [-0.15, -0.1) is 0 Å². The van der Waals surface area contributed by atoms with Gasteiger partial charge in [-0.05, 0) is 43.1 Å². The molecule has 0 saturated carbocycles. The van der Waals surface area contributed by atoms with Gasteiger partial charge in [-0.3, -0.25) is 0 Å². The van der Waals surface area contributed by atoms with Crippen LogP contribution < -0.4 is 5.32 Å². The van der Waals surface area contributed by atoms with Gasteiger partial charge < -0.3 is 10.1 Å². The lowest BCUT2D eigenvalue weighted by atomic mass is 9.85. The number of hydrogen-bond acceptors (Lipinski definition) is 5. The van der Waals surface area contributed by atoms with Crippen molar-refractivity contribution >= 4 is 22.5 Å². The third-order valence-corrected chi connectivity index (χ3v) is 4.45. The van der Waals surface area contributed by atoms with Gasteiger partial charge in [-0.1, -0.05) is 27.7 Å². The van der Waals surface area contributed by atoms with Crippen molar-refractivity contribution in [1.29, 1.82) is 0 Å². The quantitative estimate of drug-likeness (QED) is 0.774. The molecule has 0 aromatic carbocycles. The second-order valence-electron chi connectivity index (χ2n) is 5.73. The molecule has 1 aromatic heterocycles. The molecule has 0 bridgehead atoms. The first-order valence-corrected chi connectivity index (χ1v) is 8.03. The molecule has 0 saturated heterocycles. The Labute approximate surface area is 126 Å². The molecule has 0 spiro atoms. The van der Waals surface area contributed by atoms with E-state index in [2.05, 4.69) is 37.4 Å². The third kappa shape index (κ3) is 4.20. The summed E-state index contributed by atoms with van der Waals surface area (Å²) in [5.74, 6) is 1.48. The van der Waals surface area contributed by atoms with Gasteiger partial charge in [0.25, 0.3) is 0 Å². The lowest BCUT2D eigenvalue weighted by Gasteiger charge is -2.25. The van der Waals surface area contributed by atoms with Crippen LogP contribution >= 0.6 is 11.5 Å². The largest absolute Gasteiger partial charge is 0.462 e. The Hall–Kier alpha value is -1.10. The van der Waals surface area contributed by atoms with Crippen LogP contribution in [0.25, 0.3) is 0 Å². The number of ether oxygens (including phenoxy) is 1. The Balaban J connectivity index is 2.80. The van der Waals surface area contributed by atoms with Crippen molar-refractivity contribution < 1.29 is 9.53 Å². The van der Waals surface area contributed by atoms with Gasteiger partial charge in [0, 0.05) is 6.54 Å². The topological polar surface area (TPSA) is 51.2 Å². The Kier molecular flexibility index (Phi) is 6.46. The molecule has 114 valence electrons. The summed E-state index contributed by atoms with van der Waals surface area (Å²) in [7, 11) is 0. The van der Waals surface area contributed by atoms with Crippen LogP contribution in [-0.4, -0.2) is 23.5 Å². The van der Waals surface area contributed by atoms with Gasteiger partial charge in [0.05, 0.1) is 12.3 Å². The highest BCUT2D eigenvalue weighted by atomic mass is 32.1. The van der Waals surface area contributed by atoms with Crippen LogP contribution in [0.2, 0.25) is 0 Å². The zero-order valence-electron chi connectivity index (χ0n) is 13.3. The Morgan fingerprint density at radius 2 is 1.90 bits per heavy atom. The predicted molar refractivity (Wildman–Crippen MR) is 84.5 cm³/mol. The maximum absolute atomic E-state index is 12.0. The van der Waals surface area contributed by atoms with Crippen molar-refractivity contribution in [3.63, 3.8) is 0 Å². The number of aromatic nitrogens is 1. The van der Waals surface area contributed by atoms with E-state index >= 15 is 0 Å². The molecule has 1 rings (SSSR count). The number of hydrogen-bond donors (Lipinski definition) is 1. The van der Waals surface area contributed by atoms with Crippen molar-refractivity contribution in [3.8, 4) is 0 Å². The third-order valence-electron chi connectivity index (χ3n) is 3.55. The second kappa shape index (κ2) is 7.62. The molecule has 0 unspecified atom stereocenters. The van der Waals surface area contributed by atoms with E-state index < -0.39 is 0 Å². The van der Waals surface area contributed by atoms with Gasteiger partial charge in [0.15, 0.2) is 0 Å². The summed E-state index contributed by atoms with van der Waals surface area (Å²) in [5.41, 5.74) is 1.32. The number of nitrogens with one attached hydrogen (secondary N) is 1. The van der Waals surface area contributed by atoms with Crippen molar-refractivity contribution in [3.05, 3.63) is 11.3 Å². The smallest absolute Gasteiger partial charge is 0.343 e. The van der Waals surface area contributed by atoms with E-state index in [1.54, 1.807) is 0 Å². The fourth-order valence-corrected chi connectivity index (χ4v) is 3.18. The van der Waals surface area contributed by atoms with Crippen molar-refractivity contribution in [1.82, 2.24) is 4.37 Å². The number of esters is 1. The molecule has 0 amide bonds. The summed E-state index contributed by atoms with van der Waals surface area (Å²) in [5, 5.41) is 4.22. The highest BCUT2D eigenvalue weighted by molar-refractivity contribution is 7.10. The summed E-state index contributed by atoms with van der Waals surface area (Å²) < 4.78 is 9.36. The number of anilines is 1. The summed E-state index contributed by atoms with van der Waals surface area (Å²) in [6, 6.07) is 0. The molecule has 4 nitrogen and oxygen atoms in total. The first-order chi connectivity index (χ1) is 9.38.